The summed E-state index contributed by atoms with van der Waals surface area (Å²) >= 11 is 0. The molecule has 2 bridgehead atoms. The Labute approximate surface area is 83.8 Å². The molecule has 0 aromatic carbocycles. The highest BCUT2D eigenvalue weighted by atomic mass is 16.7. The number of rotatable bonds is 0. The van der Waals surface area contributed by atoms with E-state index in [1.165, 1.54) is 0 Å². The third kappa shape index (κ3) is 1.15. The number of aliphatic hydroxyl groups is 1. The lowest BCUT2D eigenvalue weighted by atomic mass is 9.96. The van der Waals surface area contributed by atoms with Gasteiger partial charge in [0, 0.05) is 24.9 Å². The molecule has 0 radical (unpaired) electrons. The van der Waals surface area contributed by atoms with Gasteiger partial charge in [-0.3, -0.25) is 4.90 Å². The average Bonchev–Trinajstić information content (AvgIpc) is 2.63. The van der Waals surface area contributed by atoms with Crippen molar-refractivity contribution in [3.63, 3.8) is 0 Å². The third-order valence-corrected chi connectivity index (χ3v) is 3.94. The fourth-order valence-electron chi connectivity index (χ4n) is 3.15. The van der Waals surface area contributed by atoms with Crippen LogP contribution >= 0.6 is 0 Å². The Morgan fingerprint density at radius 1 is 1.29 bits per heavy atom. The Morgan fingerprint density at radius 2 is 2.00 bits per heavy atom. The molecule has 3 heterocycles. The Balaban J connectivity index is 1.84. The summed E-state index contributed by atoms with van der Waals surface area (Å²) in [6, 6.07) is 0.661. The standard InChI is InChI=1S/C10H17NO3/c1-11-7-4-9(12)8(11)6-10(5-7)13-2-3-14-10/h7-9,12H,2-6H2,1H3/t7-,8-,9-/m1/s1. The van der Waals surface area contributed by atoms with Crippen LogP contribution in [0.4, 0.5) is 0 Å². The van der Waals surface area contributed by atoms with Gasteiger partial charge in [-0.05, 0) is 13.5 Å². The largest absolute Gasteiger partial charge is 0.391 e. The van der Waals surface area contributed by atoms with E-state index in [1.54, 1.807) is 0 Å². The molecule has 4 nitrogen and oxygen atoms in total. The van der Waals surface area contributed by atoms with Crippen molar-refractivity contribution in [1.29, 1.82) is 0 Å². The number of piperidine rings is 1. The van der Waals surface area contributed by atoms with Crippen molar-refractivity contribution in [3.8, 4) is 0 Å². The molecule has 80 valence electrons. The van der Waals surface area contributed by atoms with Crippen LogP contribution < -0.4 is 0 Å². The summed E-state index contributed by atoms with van der Waals surface area (Å²) in [6.07, 6.45) is 2.41. The second-order valence-corrected chi connectivity index (χ2v) is 4.71. The van der Waals surface area contributed by atoms with Gasteiger partial charge >= 0.3 is 0 Å². The summed E-state index contributed by atoms with van der Waals surface area (Å²) in [7, 11) is 2.09. The summed E-state index contributed by atoms with van der Waals surface area (Å²) in [5, 5.41) is 9.86. The van der Waals surface area contributed by atoms with Crippen LogP contribution in [0.3, 0.4) is 0 Å². The number of hydrogen-bond donors (Lipinski definition) is 1. The molecule has 3 atom stereocenters. The number of likely N-dealkylation sites (N-methyl/N-ethyl adjacent to an activating group) is 1. The van der Waals surface area contributed by atoms with Crippen molar-refractivity contribution in [1.82, 2.24) is 4.90 Å². The van der Waals surface area contributed by atoms with E-state index in [2.05, 4.69) is 11.9 Å². The van der Waals surface area contributed by atoms with E-state index >= 15 is 0 Å². The van der Waals surface area contributed by atoms with E-state index < -0.39 is 0 Å². The van der Waals surface area contributed by atoms with Crippen LogP contribution in [0, 0.1) is 0 Å². The van der Waals surface area contributed by atoms with E-state index in [4.69, 9.17) is 9.47 Å². The molecule has 0 aliphatic carbocycles. The van der Waals surface area contributed by atoms with E-state index in [-0.39, 0.29) is 17.9 Å². The van der Waals surface area contributed by atoms with Crippen LogP contribution in [-0.4, -0.2) is 54.2 Å². The molecule has 1 N–H and O–H groups in total. The molecule has 0 aromatic heterocycles. The lowest BCUT2D eigenvalue weighted by Crippen LogP contribution is -2.51. The Bertz CT molecular complexity index is 240. The maximum absolute atomic E-state index is 9.86. The van der Waals surface area contributed by atoms with Gasteiger partial charge in [0.1, 0.15) is 0 Å². The zero-order valence-corrected chi connectivity index (χ0v) is 8.48. The van der Waals surface area contributed by atoms with Crippen LogP contribution in [0.5, 0.6) is 0 Å². The smallest absolute Gasteiger partial charge is 0.171 e. The molecule has 14 heavy (non-hydrogen) atoms. The second-order valence-electron chi connectivity index (χ2n) is 4.71. The Morgan fingerprint density at radius 3 is 2.64 bits per heavy atom. The van der Waals surface area contributed by atoms with Gasteiger partial charge in [0.2, 0.25) is 0 Å². The lowest BCUT2D eigenvalue weighted by Gasteiger charge is -2.41. The van der Waals surface area contributed by atoms with Gasteiger partial charge in [0.25, 0.3) is 0 Å². The number of nitrogens with zero attached hydrogens (tertiary/aromatic N) is 1. The lowest BCUT2D eigenvalue weighted by molar-refractivity contribution is -0.199. The molecular formula is C10H17NO3. The molecular weight excluding hydrogens is 182 g/mol. The fourth-order valence-corrected chi connectivity index (χ4v) is 3.15. The number of ether oxygens (including phenoxy) is 2. The number of aliphatic hydroxyl groups excluding tert-OH is 1. The molecule has 3 fully saturated rings. The summed E-state index contributed by atoms with van der Waals surface area (Å²) in [4.78, 5) is 2.28. The van der Waals surface area contributed by atoms with Crippen LogP contribution in [0.1, 0.15) is 19.3 Å². The van der Waals surface area contributed by atoms with Gasteiger partial charge in [-0.2, -0.15) is 0 Å². The maximum Gasteiger partial charge on any atom is 0.171 e. The molecule has 0 unspecified atom stereocenters. The zero-order valence-electron chi connectivity index (χ0n) is 8.48. The first kappa shape index (κ1) is 9.09. The molecule has 3 rings (SSSR count). The normalized spacial score (nSPS) is 46.3. The minimum absolute atomic E-state index is 0.197. The molecule has 0 amide bonds. The van der Waals surface area contributed by atoms with Gasteiger partial charge in [0.15, 0.2) is 5.79 Å². The van der Waals surface area contributed by atoms with Crippen LogP contribution in [0.2, 0.25) is 0 Å². The Kier molecular flexibility index (Phi) is 1.89. The fraction of sp³-hybridized carbons (Fsp3) is 1.00. The number of hydrogen-bond acceptors (Lipinski definition) is 4. The molecule has 3 saturated heterocycles. The van der Waals surface area contributed by atoms with E-state index in [0.717, 1.165) is 19.3 Å². The molecule has 4 heteroatoms. The average molecular weight is 199 g/mol. The topological polar surface area (TPSA) is 41.9 Å². The summed E-state index contributed by atoms with van der Waals surface area (Å²) in [6.45, 7) is 1.42. The van der Waals surface area contributed by atoms with Gasteiger partial charge < -0.3 is 14.6 Å². The highest BCUT2D eigenvalue weighted by molar-refractivity contribution is 5.03. The second kappa shape index (κ2) is 2.92. The highest BCUT2D eigenvalue weighted by Crippen LogP contribution is 2.43. The third-order valence-electron chi connectivity index (χ3n) is 3.94. The maximum atomic E-state index is 9.86. The molecule has 0 saturated carbocycles. The van der Waals surface area contributed by atoms with E-state index in [1.807, 2.05) is 0 Å². The monoisotopic (exact) mass is 199 g/mol. The van der Waals surface area contributed by atoms with Crippen molar-refractivity contribution in [3.05, 3.63) is 0 Å². The molecule has 3 aliphatic heterocycles. The van der Waals surface area contributed by atoms with Crippen LogP contribution in [-0.2, 0) is 9.47 Å². The summed E-state index contributed by atoms with van der Waals surface area (Å²) in [5.41, 5.74) is 0. The molecule has 3 aliphatic rings. The first-order valence-corrected chi connectivity index (χ1v) is 5.38. The van der Waals surface area contributed by atoms with Gasteiger partial charge in [-0.15, -0.1) is 0 Å². The van der Waals surface area contributed by atoms with Gasteiger partial charge in [0.05, 0.1) is 19.3 Å². The van der Waals surface area contributed by atoms with E-state index in [0.29, 0.717) is 19.3 Å². The zero-order chi connectivity index (χ0) is 9.76. The minimum atomic E-state index is -0.362. The first-order valence-electron chi connectivity index (χ1n) is 5.38. The van der Waals surface area contributed by atoms with Crippen molar-refractivity contribution < 1.29 is 14.6 Å². The SMILES string of the molecule is CN1[C@@H]2C[C@@H](O)[C@H]1CC1(C2)OCCO1. The molecule has 1 spiro atoms. The molecule has 0 aromatic rings. The van der Waals surface area contributed by atoms with Gasteiger partial charge in [-0.25, -0.2) is 0 Å². The van der Waals surface area contributed by atoms with Crippen molar-refractivity contribution in [2.45, 2.75) is 43.2 Å². The first-order chi connectivity index (χ1) is 6.70. The van der Waals surface area contributed by atoms with Crippen LogP contribution in [0.25, 0.3) is 0 Å². The summed E-state index contributed by atoms with van der Waals surface area (Å²) < 4.78 is 11.4. The van der Waals surface area contributed by atoms with Gasteiger partial charge in [-0.1, -0.05) is 0 Å². The van der Waals surface area contributed by atoms with Crippen molar-refractivity contribution in [2.24, 2.45) is 0 Å². The summed E-state index contributed by atoms with van der Waals surface area (Å²) in [5.74, 6) is -0.362. The van der Waals surface area contributed by atoms with Crippen molar-refractivity contribution in [2.75, 3.05) is 20.3 Å². The van der Waals surface area contributed by atoms with E-state index in [9.17, 15) is 5.11 Å². The van der Waals surface area contributed by atoms with Crippen LogP contribution in [0.15, 0.2) is 0 Å². The predicted molar refractivity (Wildman–Crippen MR) is 49.8 cm³/mol. The quantitative estimate of drug-likeness (QED) is 0.594. The number of fused-ring (bicyclic) bond motifs is 2. The minimum Gasteiger partial charge on any atom is -0.391 e. The predicted octanol–water partition coefficient (Wildman–Crippen LogP) is -0.0431. The highest BCUT2D eigenvalue weighted by Gasteiger charge is 2.53. The Hall–Kier alpha value is -0.160. The van der Waals surface area contributed by atoms with Crippen molar-refractivity contribution >= 4 is 0 Å².